The second-order valence-corrected chi connectivity index (χ2v) is 7.79. The molecule has 0 aliphatic carbocycles. The molecule has 138 valence electrons. The van der Waals surface area contributed by atoms with Gasteiger partial charge < -0.3 is 15.5 Å². The molecule has 1 amide bonds. The molecule has 1 aromatic rings. The van der Waals surface area contributed by atoms with Gasteiger partial charge in [0.1, 0.15) is 11.8 Å². The molecule has 9 nitrogen and oxygen atoms in total. The molecule has 0 spiro atoms. The van der Waals surface area contributed by atoms with Crippen molar-refractivity contribution in [1.29, 1.82) is 0 Å². The summed E-state index contributed by atoms with van der Waals surface area (Å²) in [7, 11) is -3.29. The zero-order chi connectivity index (χ0) is 18.6. The van der Waals surface area contributed by atoms with E-state index in [2.05, 4.69) is 5.32 Å². The first-order chi connectivity index (χ1) is 11.7. The van der Waals surface area contributed by atoms with Crippen LogP contribution in [0.1, 0.15) is 10.4 Å². The van der Waals surface area contributed by atoms with E-state index in [1.165, 1.54) is 28.6 Å². The standard InChI is InChI=1S/C15H21N3O6S/c1-25(23,24)18-8-6-17(7-9-18)13(15(21)22)10-16-14(20)11-2-4-12(19)5-3-11/h2-5,13,19H,6-10H2,1H3,(H,16,20)(H,21,22)/t13-/m0/s1. The van der Waals surface area contributed by atoms with Crippen LogP contribution < -0.4 is 5.32 Å². The maximum atomic E-state index is 12.1. The predicted octanol–water partition coefficient (Wildman–Crippen LogP) is -0.848. The highest BCUT2D eigenvalue weighted by Crippen LogP contribution is 2.11. The molecule has 25 heavy (non-hydrogen) atoms. The molecule has 3 N–H and O–H groups in total. The predicted molar refractivity (Wildman–Crippen MR) is 89.9 cm³/mol. The number of nitrogens with one attached hydrogen (secondary N) is 1. The van der Waals surface area contributed by atoms with Gasteiger partial charge in [0, 0.05) is 38.3 Å². The van der Waals surface area contributed by atoms with Crippen molar-refractivity contribution in [2.24, 2.45) is 0 Å². The zero-order valence-electron chi connectivity index (χ0n) is 13.8. The lowest BCUT2D eigenvalue weighted by Gasteiger charge is -2.36. The summed E-state index contributed by atoms with van der Waals surface area (Å²) in [5.74, 6) is -1.50. The van der Waals surface area contributed by atoms with E-state index >= 15 is 0 Å². The molecular weight excluding hydrogens is 350 g/mol. The van der Waals surface area contributed by atoms with Crippen LogP contribution in [0.25, 0.3) is 0 Å². The summed E-state index contributed by atoms with van der Waals surface area (Å²) in [4.78, 5) is 25.2. The fourth-order valence-corrected chi connectivity index (χ4v) is 3.45. The number of benzene rings is 1. The van der Waals surface area contributed by atoms with Crippen LogP contribution in [0.5, 0.6) is 5.75 Å². The van der Waals surface area contributed by atoms with Crippen LogP contribution in [0.2, 0.25) is 0 Å². The number of phenolic OH excluding ortho intramolecular Hbond substituents is 1. The van der Waals surface area contributed by atoms with E-state index < -0.39 is 27.9 Å². The number of aliphatic carboxylic acids is 1. The van der Waals surface area contributed by atoms with Crippen LogP contribution in [0.3, 0.4) is 0 Å². The van der Waals surface area contributed by atoms with Gasteiger partial charge in [-0.25, -0.2) is 8.42 Å². The Morgan fingerprint density at radius 2 is 1.72 bits per heavy atom. The van der Waals surface area contributed by atoms with Gasteiger partial charge in [0.25, 0.3) is 5.91 Å². The number of carboxylic acid groups (broad SMARTS) is 1. The van der Waals surface area contributed by atoms with Gasteiger partial charge in [0.2, 0.25) is 10.0 Å². The summed E-state index contributed by atoms with van der Waals surface area (Å²) in [5, 5.41) is 21.2. The highest BCUT2D eigenvalue weighted by Gasteiger charge is 2.31. The topological polar surface area (TPSA) is 127 Å². The number of sulfonamides is 1. The number of phenols is 1. The first kappa shape index (κ1) is 19.2. The normalized spacial score (nSPS) is 17.8. The first-order valence-electron chi connectivity index (χ1n) is 7.67. The monoisotopic (exact) mass is 371 g/mol. The third-order valence-electron chi connectivity index (χ3n) is 4.05. The molecule has 1 aromatic carbocycles. The Hall–Kier alpha value is -2.17. The number of hydrogen-bond donors (Lipinski definition) is 3. The largest absolute Gasteiger partial charge is 0.508 e. The van der Waals surface area contributed by atoms with Crippen molar-refractivity contribution < 1.29 is 28.2 Å². The second-order valence-electron chi connectivity index (χ2n) is 5.81. The number of nitrogens with zero attached hydrogens (tertiary/aromatic N) is 2. The minimum Gasteiger partial charge on any atom is -0.508 e. The Bertz CT molecular complexity index is 726. The molecule has 0 aromatic heterocycles. The minimum absolute atomic E-state index is 0.0312. The van der Waals surface area contributed by atoms with Crippen LogP contribution >= 0.6 is 0 Å². The van der Waals surface area contributed by atoms with Crippen molar-refractivity contribution in [1.82, 2.24) is 14.5 Å². The van der Waals surface area contributed by atoms with Crippen LogP contribution in [0.15, 0.2) is 24.3 Å². The van der Waals surface area contributed by atoms with Crippen molar-refractivity contribution >= 4 is 21.9 Å². The number of rotatable bonds is 6. The molecular formula is C15H21N3O6S. The SMILES string of the molecule is CS(=O)(=O)N1CCN([C@@H](CNC(=O)c2ccc(O)cc2)C(=O)O)CC1. The van der Waals surface area contributed by atoms with Gasteiger partial charge in [-0.1, -0.05) is 0 Å². The molecule has 1 atom stereocenters. The van der Waals surface area contributed by atoms with Gasteiger partial charge in [-0.2, -0.15) is 4.31 Å². The number of hydrogen-bond acceptors (Lipinski definition) is 6. The van der Waals surface area contributed by atoms with Gasteiger partial charge in [-0.3, -0.25) is 14.5 Å². The van der Waals surface area contributed by atoms with Crippen molar-refractivity contribution in [3.05, 3.63) is 29.8 Å². The van der Waals surface area contributed by atoms with Gasteiger partial charge in [0.15, 0.2) is 0 Å². The van der Waals surface area contributed by atoms with Crippen LogP contribution in [0, 0.1) is 0 Å². The summed E-state index contributed by atoms with van der Waals surface area (Å²) < 4.78 is 24.3. The third-order valence-corrected chi connectivity index (χ3v) is 5.36. The maximum absolute atomic E-state index is 12.1. The lowest BCUT2D eigenvalue weighted by Crippen LogP contribution is -2.56. The molecule has 0 bridgehead atoms. The molecule has 0 radical (unpaired) electrons. The molecule has 1 aliphatic rings. The van der Waals surface area contributed by atoms with E-state index in [-0.39, 0.29) is 38.5 Å². The van der Waals surface area contributed by atoms with E-state index in [1.807, 2.05) is 0 Å². The molecule has 0 unspecified atom stereocenters. The van der Waals surface area contributed by atoms with Crippen molar-refractivity contribution in [3.8, 4) is 5.75 Å². The number of amides is 1. The first-order valence-corrected chi connectivity index (χ1v) is 9.52. The molecule has 1 aliphatic heterocycles. The fraction of sp³-hybridized carbons (Fsp3) is 0.467. The zero-order valence-corrected chi connectivity index (χ0v) is 14.6. The molecule has 2 rings (SSSR count). The van der Waals surface area contributed by atoms with Crippen LogP contribution in [-0.4, -0.2) is 84.7 Å². The lowest BCUT2D eigenvalue weighted by atomic mass is 10.2. The summed E-state index contributed by atoms with van der Waals surface area (Å²) in [6, 6.07) is 4.67. The Morgan fingerprint density at radius 3 is 2.20 bits per heavy atom. The van der Waals surface area contributed by atoms with E-state index in [0.29, 0.717) is 5.56 Å². The Kier molecular flexibility index (Phi) is 5.98. The van der Waals surface area contributed by atoms with Gasteiger partial charge in [0.05, 0.1) is 6.26 Å². The molecule has 10 heteroatoms. The average Bonchev–Trinajstić information content (AvgIpc) is 2.55. The number of aromatic hydroxyl groups is 1. The summed E-state index contributed by atoms with van der Waals surface area (Å²) >= 11 is 0. The summed E-state index contributed by atoms with van der Waals surface area (Å²) in [5.41, 5.74) is 0.309. The second kappa shape index (κ2) is 7.81. The number of carboxylic acids is 1. The number of carbonyl (C=O) groups is 2. The molecule has 1 heterocycles. The van der Waals surface area contributed by atoms with Crippen LogP contribution in [-0.2, 0) is 14.8 Å². The van der Waals surface area contributed by atoms with Gasteiger partial charge in [-0.15, -0.1) is 0 Å². The third kappa shape index (κ3) is 5.15. The van der Waals surface area contributed by atoms with Gasteiger partial charge >= 0.3 is 5.97 Å². The number of piperazine rings is 1. The molecule has 1 fully saturated rings. The van der Waals surface area contributed by atoms with Crippen molar-refractivity contribution in [3.63, 3.8) is 0 Å². The highest BCUT2D eigenvalue weighted by atomic mass is 32.2. The highest BCUT2D eigenvalue weighted by molar-refractivity contribution is 7.88. The van der Waals surface area contributed by atoms with E-state index in [1.54, 1.807) is 4.90 Å². The Labute approximate surface area is 145 Å². The lowest BCUT2D eigenvalue weighted by molar-refractivity contribution is -0.143. The minimum atomic E-state index is -3.29. The quantitative estimate of drug-likeness (QED) is 0.594. The van der Waals surface area contributed by atoms with Crippen LogP contribution in [0.4, 0.5) is 0 Å². The van der Waals surface area contributed by atoms with E-state index in [9.17, 15) is 28.2 Å². The average molecular weight is 371 g/mol. The summed E-state index contributed by atoms with van der Waals surface area (Å²) in [6.45, 7) is 0.884. The Balaban J connectivity index is 1.94. The Morgan fingerprint density at radius 1 is 1.16 bits per heavy atom. The fourth-order valence-electron chi connectivity index (χ4n) is 2.62. The van der Waals surface area contributed by atoms with Crippen molar-refractivity contribution in [2.75, 3.05) is 39.0 Å². The van der Waals surface area contributed by atoms with E-state index in [4.69, 9.17) is 0 Å². The molecule has 0 saturated carbocycles. The van der Waals surface area contributed by atoms with E-state index in [0.717, 1.165) is 6.26 Å². The number of carbonyl (C=O) groups excluding carboxylic acids is 1. The smallest absolute Gasteiger partial charge is 0.322 e. The molecule has 1 saturated heterocycles. The van der Waals surface area contributed by atoms with Crippen molar-refractivity contribution in [2.45, 2.75) is 6.04 Å². The maximum Gasteiger partial charge on any atom is 0.322 e. The summed E-state index contributed by atoms with van der Waals surface area (Å²) in [6.07, 6.45) is 1.12. The van der Waals surface area contributed by atoms with Gasteiger partial charge in [-0.05, 0) is 24.3 Å².